The van der Waals surface area contributed by atoms with Crippen molar-refractivity contribution in [2.75, 3.05) is 6.61 Å². The van der Waals surface area contributed by atoms with E-state index in [1.807, 2.05) is 66.7 Å². The molecule has 5 nitrogen and oxygen atoms in total. The topological polar surface area (TPSA) is 46.2 Å². The van der Waals surface area contributed by atoms with Gasteiger partial charge in [-0.15, -0.1) is 0 Å². The van der Waals surface area contributed by atoms with Crippen molar-refractivity contribution >= 4 is 11.8 Å². The number of rotatable bonds is 9. The van der Waals surface area contributed by atoms with Crippen LogP contribution in [0.2, 0.25) is 0 Å². The van der Waals surface area contributed by atoms with E-state index in [1.54, 1.807) is 11.8 Å². The van der Waals surface area contributed by atoms with Crippen LogP contribution in [0.1, 0.15) is 28.5 Å². The van der Waals surface area contributed by atoms with Gasteiger partial charge in [-0.3, -0.25) is 0 Å². The zero-order valence-corrected chi connectivity index (χ0v) is 23.3. The highest BCUT2D eigenvalue weighted by molar-refractivity contribution is 7.99. The van der Waals surface area contributed by atoms with Crippen LogP contribution in [0, 0.1) is 6.92 Å². The first kappa shape index (κ1) is 27.2. The first-order valence-corrected chi connectivity index (χ1v) is 14.6. The molecule has 206 valence electrons. The maximum Gasteiger partial charge on any atom is 0.184 e. The Morgan fingerprint density at radius 1 is 0.675 bits per heavy atom. The summed E-state index contributed by atoms with van der Waals surface area (Å²) < 4.78 is 32.9. The summed E-state index contributed by atoms with van der Waals surface area (Å²) >= 11 is 1.66. The minimum Gasteiger partial charge on any atom is -0.368 e. The monoisotopic (exact) mass is 554 g/mol. The van der Waals surface area contributed by atoms with Gasteiger partial charge in [-0.05, 0) is 30.2 Å². The normalized spacial score (nSPS) is 26.2. The Labute approximate surface area is 240 Å². The van der Waals surface area contributed by atoms with Crippen molar-refractivity contribution in [1.82, 2.24) is 0 Å². The Morgan fingerprint density at radius 2 is 1.25 bits per heavy atom. The van der Waals surface area contributed by atoms with E-state index in [0.29, 0.717) is 19.8 Å². The lowest BCUT2D eigenvalue weighted by atomic mass is 9.98. The predicted octanol–water partition coefficient (Wildman–Crippen LogP) is 7.10. The molecule has 2 heterocycles. The van der Waals surface area contributed by atoms with Gasteiger partial charge in [0.25, 0.3) is 0 Å². The quantitative estimate of drug-likeness (QED) is 0.220. The highest BCUT2D eigenvalue weighted by atomic mass is 32.2. The van der Waals surface area contributed by atoms with Gasteiger partial charge in [-0.25, -0.2) is 0 Å². The summed E-state index contributed by atoms with van der Waals surface area (Å²) in [4.78, 5) is 1.11. The van der Waals surface area contributed by atoms with Crippen molar-refractivity contribution in [2.45, 2.75) is 61.2 Å². The Hall–Kier alpha value is -2.97. The maximum absolute atomic E-state index is 6.71. The van der Waals surface area contributed by atoms with Gasteiger partial charge in [0.15, 0.2) is 6.29 Å². The maximum atomic E-state index is 6.71. The number of thioether (sulfide) groups is 1. The highest BCUT2D eigenvalue weighted by Crippen LogP contribution is 2.41. The minimum atomic E-state index is -0.495. The molecule has 6 heteroatoms. The fraction of sp³-hybridized carbons (Fsp3) is 0.294. The second kappa shape index (κ2) is 13.1. The molecular weight excluding hydrogens is 520 g/mol. The third-order valence-electron chi connectivity index (χ3n) is 7.20. The Balaban J connectivity index is 1.30. The van der Waals surface area contributed by atoms with E-state index < -0.39 is 6.29 Å². The molecule has 6 atom stereocenters. The van der Waals surface area contributed by atoms with Crippen molar-refractivity contribution < 1.29 is 23.7 Å². The molecule has 4 unspecified atom stereocenters. The largest absolute Gasteiger partial charge is 0.368 e. The third kappa shape index (κ3) is 6.66. The smallest absolute Gasteiger partial charge is 0.184 e. The summed E-state index contributed by atoms with van der Waals surface area (Å²) in [6.07, 6.45) is -1.91. The van der Waals surface area contributed by atoms with Gasteiger partial charge >= 0.3 is 0 Å². The van der Waals surface area contributed by atoms with E-state index in [9.17, 15) is 0 Å². The van der Waals surface area contributed by atoms with Crippen LogP contribution < -0.4 is 0 Å². The lowest BCUT2D eigenvalue weighted by molar-refractivity contribution is -0.329. The van der Waals surface area contributed by atoms with Crippen molar-refractivity contribution in [2.24, 2.45) is 0 Å². The number of ether oxygens (including phenoxy) is 5. The second-order valence-electron chi connectivity index (χ2n) is 10.2. The van der Waals surface area contributed by atoms with Crippen molar-refractivity contribution in [3.63, 3.8) is 0 Å². The Morgan fingerprint density at radius 3 is 1.88 bits per heavy atom. The molecule has 0 saturated carbocycles. The van der Waals surface area contributed by atoms with E-state index in [-0.39, 0.29) is 29.9 Å². The molecule has 4 aromatic rings. The number of aryl methyl sites for hydroxylation is 1. The lowest BCUT2D eigenvalue weighted by Crippen LogP contribution is -2.62. The van der Waals surface area contributed by atoms with Gasteiger partial charge < -0.3 is 23.7 Å². The van der Waals surface area contributed by atoms with Crippen LogP contribution >= 0.6 is 11.8 Å². The second-order valence-corrected chi connectivity index (χ2v) is 11.3. The van der Waals surface area contributed by atoms with Gasteiger partial charge in [-0.2, -0.15) is 0 Å². The van der Waals surface area contributed by atoms with Crippen LogP contribution in [0.15, 0.2) is 120 Å². The summed E-state index contributed by atoms with van der Waals surface area (Å²) in [5, 5.41) is 0. The molecule has 2 fully saturated rings. The first-order chi connectivity index (χ1) is 19.7. The van der Waals surface area contributed by atoms with Crippen LogP contribution in [0.5, 0.6) is 0 Å². The molecule has 0 amide bonds. The molecule has 0 spiro atoms. The molecule has 0 aliphatic carbocycles. The van der Waals surface area contributed by atoms with Gasteiger partial charge in [0, 0.05) is 10.5 Å². The van der Waals surface area contributed by atoms with E-state index in [2.05, 4.69) is 55.5 Å². The SMILES string of the molecule is Cc1ccc(S[C@@H]2OC3COC(c4ccccc4)O[C@H]3C(OCc3ccccc3)C2OCc2ccccc2)cc1. The fourth-order valence-corrected chi connectivity index (χ4v) is 6.20. The molecule has 2 aliphatic heterocycles. The highest BCUT2D eigenvalue weighted by Gasteiger charge is 2.51. The van der Waals surface area contributed by atoms with E-state index in [1.165, 1.54) is 5.56 Å². The van der Waals surface area contributed by atoms with Crippen LogP contribution in [-0.2, 0) is 36.9 Å². The predicted molar refractivity (Wildman–Crippen MR) is 156 cm³/mol. The number of benzene rings is 4. The number of hydrogen-bond donors (Lipinski definition) is 0. The zero-order chi connectivity index (χ0) is 27.1. The number of fused-ring (bicyclic) bond motifs is 1. The van der Waals surface area contributed by atoms with Gasteiger partial charge in [0.1, 0.15) is 29.9 Å². The van der Waals surface area contributed by atoms with Crippen LogP contribution in [0.4, 0.5) is 0 Å². The molecule has 2 aliphatic rings. The van der Waals surface area contributed by atoms with Crippen LogP contribution in [0.3, 0.4) is 0 Å². The first-order valence-electron chi connectivity index (χ1n) is 13.7. The summed E-state index contributed by atoms with van der Waals surface area (Å²) in [5.74, 6) is 0. The van der Waals surface area contributed by atoms with Crippen molar-refractivity contribution in [3.05, 3.63) is 138 Å². The van der Waals surface area contributed by atoms with Gasteiger partial charge in [0.05, 0.1) is 19.8 Å². The van der Waals surface area contributed by atoms with E-state index in [0.717, 1.165) is 21.6 Å². The average Bonchev–Trinajstić information content (AvgIpc) is 3.01. The Kier molecular flexibility index (Phi) is 8.93. The fourth-order valence-electron chi connectivity index (χ4n) is 5.07. The molecular formula is C34H34O5S. The molecule has 0 radical (unpaired) electrons. The molecule has 2 saturated heterocycles. The van der Waals surface area contributed by atoms with Gasteiger partial charge in [0.2, 0.25) is 0 Å². The number of hydrogen-bond acceptors (Lipinski definition) is 6. The molecule has 4 aromatic carbocycles. The van der Waals surface area contributed by atoms with E-state index >= 15 is 0 Å². The van der Waals surface area contributed by atoms with Gasteiger partial charge in [-0.1, -0.05) is 120 Å². The molecule has 40 heavy (non-hydrogen) atoms. The minimum absolute atomic E-state index is 0.291. The van der Waals surface area contributed by atoms with E-state index in [4.69, 9.17) is 23.7 Å². The lowest BCUT2D eigenvalue weighted by Gasteiger charge is -2.49. The standard InChI is InChI=1S/C34H34O5S/c1-24-17-19-28(20-18-24)40-34-32(36-22-26-13-7-3-8-14-26)31(35-21-25-11-5-2-6-12-25)30-29(38-34)23-37-33(39-30)27-15-9-4-10-16-27/h2-20,29-34H,21-23H2,1H3/t29?,30-,31?,32?,33?,34+/m1/s1. The van der Waals surface area contributed by atoms with Crippen molar-refractivity contribution in [3.8, 4) is 0 Å². The molecule has 0 bridgehead atoms. The third-order valence-corrected chi connectivity index (χ3v) is 8.36. The molecule has 6 rings (SSSR count). The average molecular weight is 555 g/mol. The summed E-state index contributed by atoms with van der Waals surface area (Å²) in [6.45, 7) is 3.39. The summed E-state index contributed by atoms with van der Waals surface area (Å²) in [7, 11) is 0. The summed E-state index contributed by atoms with van der Waals surface area (Å²) in [5.41, 5.74) is 4.08. The molecule has 0 aromatic heterocycles. The summed E-state index contributed by atoms with van der Waals surface area (Å²) in [6, 6.07) is 39.0. The zero-order valence-electron chi connectivity index (χ0n) is 22.5. The molecule has 0 N–H and O–H groups in total. The Bertz CT molecular complexity index is 1320. The van der Waals surface area contributed by atoms with Crippen LogP contribution in [-0.4, -0.2) is 36.5 Å². The van der Waals surface area contributed by atoms with Crippen LogP contribution in [0.25, 0.3) is 0 Å². The van der Waals surface area contributed by atoms with Crippen molar-refractivity contribution in [1.29, 1.82) is 0 Å².